The number of unbranched alkanes of at least 4 members (excludes halogenated alkanes) is 16. The van der Waals surface area contributed by atoms with Gasteiger partial charge in [-0.3, -0.25) is 27.7 Å². The fourth-order valence-corrected chi connectivity index (χ4v) is 7.21. The van der Waals surface area contributed by atoms with E-state index in [9.17, 15) is 43.8 Å². The molecule has 0 spiro atoms. The molecule has 0 aliphatic carbocycles. The molecule has 362 valence electrons. The monoisotopic (exact) mass is 925 g/mol. The summed E-state index contributed by atoms with van der Waals surface area (Å²) in [5.74, 6) is -1.03. The first kappa shape index (κ1) is 60.0. The third-order valence-corrected chi connectivity index (χ3v) is 11.2. The maximum atomic E-state index is 12.1. The summed E-state index contributed by atoms with van der Waals surface area (Å²) in [7, 11) is -9.58. The molecule has 62 heavy (non-hydrogen) atoms. The Labute approximate surface area is 372 Å². The summed E-state index contributed by atoms with van der Waals surface area (Å²) in [6.45, 7) is 0.324. The van der Waals surface area contributed by atoms with Crippen LogP contribution in [0.15, 0.2) is 48.6 Å². The molecular formula is C45H82O15P2. The van der Waals surface area contributed by atoms with E-state index in [1.54, 1.807) is 0 Å². The first-order valence-corrected chi connectivity index (χ1v) is 26.0. The Morgan fingerprint density at radius 3 is 1.10 bits per heavy atom. The Morgan fingerprint density at radius 2 is 0.694 bits per heavy atom. The summed E-state index contributed by atoms with van der Waals surface area (Å²) in [6.07, 6.45) is 36.7. The first-order chi connectivity index (χ1) is 29.8. The summed E-state index contributed by atoms with van der Waals surface area (Å²) >= 11 is 0. The van der Waals surface area contributed by atoms with Crippen molar-refractivity contribution in [1.29, 1.82) is 0 Å². The van der Waals surface area contributed by atoms with Crippen LogP contribution in [0.1, 0.15) is 168 Å². The van der Waals surface area contributed by atoms with Gasteiger partial charge in [0.2, 0.25) is 0 Å². The molecule has 0 aliphatic rings. The van der Waals surface area contributed by atoms with E-state index in [-0.39, 0.29) is 12.8 Å². The fraction of sp³-hybridized carbons (Fsp3) is 0.778. The maximum Gasteiger partial charge on any atom is 0.472 e. The van der Waals surface area contributed by atoms with Gasteiger partial charge in [0.25, 0.3) is 0 Å². The van der Waals surface area contributed by atoms with Crippen LogP contribution in [0.4, 0.5) is 0 Å². The minimum absolute atomic E-state index is 0.169. The summed E-state index contributed by atoms with van der Waals surface area (Å²) in [5.41, 5.74) is 0. The van der Waals surface area contributed by atoms with Crippen LogP contribution < -0.4 is 0 Å². The van der Waals surface area contributed by atoms with Gasteiger partial charge >= 0.3 is 27.6 Å². The van der Waals surface area contributed by atoms with E-state index in [1.807, 2.05) is 0 Å². The van der Waals surface area contributed by atoms with Gasteiger partial charge in [0.1, 0.15) is 31.5 Å². The highest BCUT2D eigenvalue weighted by Gasteiger charge is 2.28. The normalized spacial score (nSPS) is 15.7. The molecule has 5 unspecified atom stereocenters. The van der Waals surface area contributed by atoms with Crippen molar-refractivity contribution in [3.63, 3.8) is 0 Å². The van der Waals surface area contributed by atoms with Gasteiger partial charge < -0.3 is 34.6 Å². The van der Waals surface area contributed by atoms with Gasteiger partial charge in [-0.2, -0.15) is 0 Å². The van der Waals surface area contributed by atoms with Gasteiger partial charge in [-0.15, -0.1) is 0 Å². The van der Waals surface area contributed by atoms with E-state index in [2.05, 4.69) is 80.6 Å². The Balaban J connectivity index is 3.95. The van der Waals surface area contributed by atoms with Crippen LogP contribution in [0, 0.1) is 0 Å². The number of rotatable bonds is 44. The van der Waals surface area contributed by atoms with Crippen LogP contribution in [0.25, 0.3) is 0 Å². The van der Waals surface area contributed by atoms with Gasteiger partial charge in [-0.05, 0) is 77.0 Å². The molecule has 0 aromatic heterocycles. The van der Waals surface area contributed by atoms with Crippen LogP contribution in [0.5, 0.6) is 0 Å². The lowest BCUT2D eigenvalue weighted by atomic mass is 10.1. The number of phosphoric ester groups is 2. The zero-order valence-electron chi connectivity index (χ0n) is 37.8. The molecule has 5 N–H and O–H groups in total. The molecule has 0 saturated carbocycles. The molecule has 0 fully saturated rings. The van der Waals surface area contributed by atoms with Crippen molar-refractivity contribution in [3.05, 3.63) is 48.6 Å². The highest BCUT2D eigenvalue weighted by Crippen LogP contribution is 2.45. The van der Waals surface area contributed by atoms with Gasteiger partial charge in [0.05, 0.1) is 26.4 Å². The third-order valence-electron chi connectivity index (χ3n) is 9.26. The highest BCUT2D eigenvalue weighted by molar-refractivity contribution is 7.47. The molecule has 5 atom stereocenters. The van der Waals surface area contributed by atoms with Crippen molar-refractivity contribution < 1.29 is 71.4 Å². The quantitative estimate of drug-likeness (QED) is 0.0166. The first-order valence-electron chi connectivity index (χ1n) is 23.0. The van der Waals surface area contributed by atoms with Crippen LogP contribution in [0.2, 0.25) is 0 Å². The Bertz CT molecular complexity index is 1310. The Hall–Kier alpha value is -2.00. The van der Waals surface area contributed by atoms with Gasteiger partial charge in [-0.1, -0.05) is 127 Å². The highest BCUT2D eigenvalue weighted by atomic mass is 31.2. The number of allylic oxidation sites excluding steroid dienone is 8. The number of phosphoric acid groups is 2. The topological polar surface area (TPSA) is 225 Å². The third kappa shape index (κ3) is 43.3. The molecule has 0 amide bonds. The number of carbonyl (C=O) groups is 2. The van der Waals surface area contributed by atoms with E-state index in [4.69, 9.17) is 9.47 Å². The van der Waals surface area contributed by atoms with E-state index >= 15 is 0 Å². The zero-order chi connectivity index (χ0) is 46.0. The second kappa shape index (κ2) is 41.7. The Morgan fingerprint density at radius 1 is 0.419 bits per heavy atom. The standard InChI is InChI=1S/C45H82O15P2/c1-3-5-7-9-11-13-15-17-18-19-20-22-24-26-28-30-32-34-45(50)56-36-42(47)38-58-62(53,54)60-40-43(48)39-59-61(51,52)57-37-41(46)35-55-44(49)33-31-29-27-25-23-21-16-14-12-10-8-6-4-2/h11,13,17-18,20-23,41-43,46-48H,3-10,12,14-16,19,24-40H2,1-2H3,(H,51,52)(H,53,54)/b13-11-,18-17-,22-20-,23-21-. The smallest absolute Gasteiger partial charge is 0.463 e. The van der Waals surface area contributed by atoms with Crippen molar-refractivity contribution in [1.82, 2.24) is 0 Å². The number of ether oxygens (including phenoxy) is 2. The van der Waals surface area contributed by atoms with E-state index < -0.39 is 85.5 Å². The van der Waals surface area contributed by atoms with Gasteiger partial charge in [-0.25, -0.2) is 9.13 Å². The van der Waals surface area contributed by atoms with Crippen molar-refractivity contribution in [2.24, 2.45) is 0 Å². The van der Waals surface area contributed by atoms with Crippen molar-refractivity contribution in [3.8, 4) is 0 Å². The van der Waals surface area contributed by atoms with Crippen LogP contribution >= 0.6 is 15.6 Å². The number of aliphatic hydroxyl groups is 3. The minimum atomic E-state index is -4.79. The lowest BCUT2D eigenvalue weighted by Gasteiger charge is -2.19. The molecule has 15 nitrogen and oxygen atoms in total. The molecule has 17 heteroatoms. The molecule has 0 aliphatic heterocycles. The molecule has 0 rings (SSSR count). The number of carbonyl (C=O) groups excluding carboxylic acids is 2. The van der Waals surface area contributed by atoms with Crippen molar-refractivity contribution in [2.75, 3.05) is 39.6 Å². The summed E-state index contributed by atoms with van der Waals surface area (Å²) in [6, 6.07) is 0. The molecule has 0 saturated heterocycles. The predicted octanol–water partition coefficient (Wildman–Crippen LogP) is 10.0. The second-order valence-electron chi connectivity index (χ2n) is 15.4. The van der Waals surface area contributed by atoms with Gasteiger partial charge in [0.15, 0.2) is 0 Å². The maximum absolute atomic E-state index is 12.1. The van der Waals surface area contributed by atoms with Crippen LogP contribution in [0.3, 0.4) is 0 Å². The van der Waals surface area contributed by atoms with Crippen LogP contribution in [-0.2, 0) is 46.3 Å². The molecule has 0 heterocycles. The molecule has 0 bridgehead atoms. The van der Waals surface area contributed by atoms with Crippen molar-refractivity contribution in [2.45, 2.75) is 186 Å². The number of hydrogen-bond donors (Lipinski definition) is 5. The van der Waals surface area contributed by atoms with E-state index in [0.29, 0.717) is 12.8 Å². The van der Waals surface area contributed by atoms with Gasteiger partial charge in [0, 0.05) is 12.8 Å². The second-order valence-corrected chi connectivity index (χ2v) is 18.3. The van der Waals surface area contributed by atoms with E-state index in [0.717, 1.165) is 70.6 Å². The molecular weight excluding hydrogens is 842 g/mol. The van der Waals surface area contributed by atoms with Crippen molar-refractivity contribution >= 4 is 27.6 Å². The zero-order valence-corrected chi connectivity index (χ0v) is 39.6. The molecule has 0 aromatic carbocycles. The summed E-state index contributed by atoms with van der Waals surface area (Å²) in [5, 5.41) is 30.0. The number of esters is 2. The van der Waals surface area contributed by atoms with E-state index in [1.165, 1.54) is 57.8 Å². The lowest BCUT2D eigenvalue weighted by molar-refractivity contribution is -0.148. The average Bonchev–Trinajstić information content (AvgIpc) is 3.24. The molecule has 0 aromatic rings. The molecule has 0 radical (unpaired) electrons. The van der Waals surface area contributed by atoms with Crippen LogP contribution in [-0.4, -0.2) is 95.0 Å². The minimum Gasteiger partial charge on any atom is -0.463 e. The largest absolute Gasteiger partial charge is 0.472 e. The average molecular weight is 925 g/mol. The Kier molecular flexibility index (Phi) is 40.3. The lowest BCUT2D eigenvalue weighted by Crippen LogP contribution is -2.25. The number of hydrogen-bond acceptors (Lipinski definition) is 13. The summed E-state index contributed by atoms with van der Waals surface area (Å²) < 4.78 is 52.9. The fourth-order valence-electron chi connectivity index (χ4n) is 5.62. The summed E-state index contributed by atoms with van der Waals surface area (Å²) in [4.78, 5) is 43.7. The number of aliphatic hydroxyl groups excluding tert-OH is 3. The SMILES string of the molecule is CCCCC/C=C\C/C=C\C/C=C\CCCCCCC(=O)OCC(O)COP(=O)(O)OCC(O)COP(=O)(O)OCC(O)COC(=O)CCCCC/C=C\CCCCCCCC. The predicted molar refractivity (Wildman–Crippen MR) is 242 cm³/mol.